The lowest BCUT2D eigenvalue weighted by Gasteiger charge is -2.17. The lowest BCUT2D eigenvalue weighted by molar-refractivity contribution is 0.490. The normalized spacial score (nSPS) is 11.7. The lowest BCUT2D eigenvalue weighted by Crippen LogP contribution is -2.38. The Morgan fingerprint density at radius 2 is 2.22 bits per heavy atom. The molecular formula is C14H18N4. The van der Waals surface area contributed by atoms with Crippen LogP contribution in [0.25, 0.3) is 11.0 Å². The second-order valence-corrected chi connectivity index (χ2v) is 5.09. The fraction of sp³-hybridized carbons (Fsp3) is 0.429. The van der Waals surface area contributed by atoms with Crippen LogP contribution in [0, 0.1) is 11.3 Å². The molecule has 0 unspecified atom stereocenters. The summed E-state index contributed by atoms with van der Waals surface area (Å²) in [5.41, 5.74) is 2.94. The van der Waals surface area contributed by atoms with Gasteiger partial charge < -0.3 is 4.57 Å². The summed E-state index contributed by atoms with van der Waals surface area (Å²) in [7, 11) is 1.99. The summed E-state index contributed by atoms with van der Waals surface area (Å²) in [4.78, 5) is 4.34. The summed E-state index contributed by atoms with van der Waals surface area (Å²) in [5.74, 6) is 0. The largest absolute Gasteiger partial charge is 0.334 e. The third-order valence-electron chi connectivity index (χ3n) is 3.05. The van der Waals surface area contributed by atoms with Gasteiger partial charge in [-0.3, -0.25) is 5.32 Å². The molecule has 0 aliphatic heterocycles. The van der Waals surface area contributed by atoms with E-state index in [1.807, 2.05) is 31.8 Å². The molecular weight excluding hydrogens is 224 g/mol. The van der Waals surface area contributed by atoms with Crippen LogP contribution in [0.2, 0.25) is 0 Å². The van der Waals surface area contributed by atoms with Gasteiger partial charge in [0.1, 0.15) is 5.54 Å². The molecule has 1 N–H and O–H groups in total. The van der Waals surface area contributed by atoms with Crippen LogP contribution in [0.15, 0.2) is 24.5 Å². The average molecular weight is 242 g/mol. The van der Waals surface area contributed by atoms with Crippen molar-refractivity contribution in [2.75, 3.05) is 6.54 Å². The van der Waals surface area contributed by atoms with E-state index in [9.17, 15) is 0 Å². The Kier molecular flexibility index (Phi) is 3.35. The summed E-state index contributed by atoms with van der Waals surface area (Å²) < 4.78 is 2.01. The minimum Gasteiger partial charge on any atom is -0.334 e. The number of aromatic nitrogens is 2. The summed E-state index contributed by atoms with van der Waals surface area (Å²) in [6.45, 7) is 4.56. The van der Waals surface area contributed by atoms with Crippen molar-refractivity contribution >= 4 is 11.0 Å². The predicted molar refractivity (Wildman–Crippen MR) is 72.1 cm³/mol. The second kappa shape index (κ2) is 4.79. The smallest absolute Gasteiger partial charge is 0.101 e. The Hall–Kier alpha value is -1.86. The number of nitriles is 1. The molecule has 2 aromatic rings. The minimum absolute atomic E-state index is 0.463. The summed E-state index contributed by atoms with van der Waals surface area (Å²) in [6.07, 6.45) is 2.73. The molecule has 0 aliphatic carbocycles. The van der Waals surface area contributed by atoms with Gasteiger partial charge in [0.05, 0.1) is 23.4 Å². The molecule has 0 spiro atoms. The number of imidazole rings is 1. The topological polar surface area (TPSA) is 53.6 Å². The molecule has 0 saturated heterocycles. The third kappa shape index (κ3) is 2.69. The van der Waals surface area contributed by atoms with Gasteiger partial charge in [-0.15, -0.1) is 0 Å². The molecule has 2 rings (SSSR count). The van der Waals surface area contributed by atoms with Gasteiger partial charge in [-0.05, 0) is 38.0 Å². The molecule has 94 valence electrons. The first-order valence-electron chi connectivity index (χ1n) is 6.08. The van der Waals surface area contributed by atoms with E-state index in [0.29, 0.717) is 0 Å². The van der Waals surface area contributed by atoms with Gasteiger partial charge in [-0.25, -0.2) is 4.98 Å². The average Bonchev–Trinajstić information content (AvgIpc) is 2.71. The Morgan fingerprint density at radius 3 is 2.94 bits per heavy atom. The van der Waals surface area contributed by atoms with Gasteiger partial charge in [-0.1, -0.05) is 6.07 Å². The number of hydrogen-bond acceptors (Lipinski definition) is 3. The summed E-state index contributed by atoms with van der Waals surface area (Å²) in [6, 6.07) is 8.55. The molecule has 0 atom stereocenters. The number of hydrogen-bond donors (Lipinski definition) is 1. The second-order valence-electron chi connectivity index (χ2n) is 5.09. The maximum Gasteiger partial charge on any atom is 0.101 e. The van der Waals surface area contributed by atoms with E-state index in [1.165, 1.54) is 5.56 Å². The van der Waals surface area contributed by atoms with E-state index < -0.39 is 5.54 Å². The van der Waals surface area contributed by atoms with Crippen molar-refractivity contribution in [3.05, 3.63) is 30.1 Å². The van der Waals surface area contributed by atoms with Crippen molar-refractivity contribution in [1.29, 1.82) is 5.26 Å². The molecule has 1 aromatic heterocycles. The maximum absolute atomic E-state index is 8.91. The van der Waals surface area contributed by atoms with Crippen LogP contribution in [-0.4, -0.2) is 21.6 Å². The molecule has 0 amide bonds. The first-order valence-corrected chi connectivity index (χ1v) is 6.08. The molecule has 0 radical (unpaired) electrons. The van der Waals surface area contributed by atoms with Gasteiger partial charge in [-0.2, -0.15) is 5.26 Å². The van der Waals surface area contributed by atoms with Crippen molar-refractivity contribution in [2.24, 2.45) is 7.05 Å². The van der Waals surface area contributed by atoms with E-state index in [1.54, 1.807) is 0 Å². The molecule has 0 saturated carbocycles. The number of rotatable bonds is 4. The van der Waals surface area contributed by atoms with Crippen molar-refractivity contribution in [2.45, 2.75) is 25.8 Å². The van der Waals surface area contributed by atoms with Crippen LogP contribution in [0.4, 0.5) is 0 Å². The molecule has 0 aliphatic rings. The van der Waals surface area contributed by atoms with E-state index in [-0.39, 0.29) is 0 Å². The Labute approximate surface area is 107 Å². The highest BCUT2D eigenvalue weighted by atomic mass is 15.0. The Bertz CT molecular complexity index is 589. The highest BCUT2D eigenvalue weighted by Gasteiger charge is 2.14. The van der Waals surface area contributed by atoms with Crippen LogP contribution in [-0.2, 0) is 13.5 Å². The molecule has 0 bridgehead atoms. The van der Waals surface area contributed by atoms with Gasteiger partial charge in [0, 0.05) is 13.6 Å². The Balaban J connectivity index is 2.03. The highest BCUT2D eigenvalue weighted by molar-refractivity contribution is 5.75. The van der Waals surface area contributed by atoms with Crippen molar-refractivity contribution < 1.29 is 0 Å². The monoisotopic (exact) mass is 242 g/mol. The zero-order valence-corrected chi connectivity index (χ0v) is 11.1. The number of nitrogens with zero attached hydrogens (tertiary/aromatic N) is 3. The van der Waals surface area contributed by atoms with Gasteiger partial charge in [0.2, 0.25) is 0 Å². The highest BCUT2D eigenvalue weighted by Crippen LogP contribution is 2.14. The molecule has 1 heterocycles. The van der Waals surface area contributed by atoms with Gasteiger partial charge in [0.15, 0.2) is 0 Å². The molecule has 1 aromatic carbocycles. The van der Waals surface area contributed by atoms with Crippen LogP contribution in [0.1, 0.15) is 19.4 Å². The number of nitrogens with one attached hydrogen (secondary N) is 1. The zero-order chi connectivity index (χ0) is 13.2. The minimum atomic E-state index is -0.463. The van der Waals surface area contributed by atoms with Crippen molar-refractivity contribution in [3.8, 4) is 6.07 Å². The maximum atomic E-state index is 8.91. The predicted octanol–water partition coefficient (Wildman–Crippen LogP) is 2.01. The molecule has 4 nitrogen and oxygen atoms in total. The van der Waals surface area contributed by atoms with E-state index in [4.69, 9.17) is 5.26 Å². The summed E-state index contributed by atoms with van der Waals surface area (Å²) >= 11 is 0. The van der Waals surface area contributed by atoms with Gasteiger partial charge >= 0.3 is 0 Å². The number of benzene rings is 1. The van der Waals surface area contributed by atoms with Crippen LogP contribution in [0.3, 0.4) is 0 Å². The van der Waals surface area contributed by atoms with Crippen molar-refractivity contribution in [1.82, 2.24) is 14.9 Å². The van der Waals surface area contributed by atoms with Gasteiger partial charge in [0.25, 0.3) is 0 Å². The first-order chi connectivity index (χ1) is 8.52. The SMILES string of the molecule is Cn1cnc2cc(CCNC(C)(C)C#N)ccc21. The standard InChI is InChI=1S/C14H18N4/c1-14(2,9-15)17-7-6-11-4-5-13-12(8-11)16-10-18(13)3/h4-5,8,10,17H,6-7H2,1-3H3. The third-order valence-corrected chi connectivity index (χ3v) is 3.05. The molecule has 18 heavy (non-hydrogen) atoms. The lowest BCUT2D eigenvalue weighted by atomic mass is 10.1. The van der Waals surface area contributed by atoms with E-state index in [0.717, 1.165) is 24.0 Å². The van der Waals surface area contributed by atoms with Crippen LogP contribution >= 0.6 is 0 Å². The fourth-order valence-electron chi connectivity index (χ4n) is 1.90. The molecule has 0 fully saturated rings. The van der Waals surface area contributed by atoms with Crippen molar-refractivity contribution in [3.63, 3.8) is 0 Å². The fourth-order valence-corrected chi connectivity index (χ4v) is 1.90. The van der Waals surface area contributed by atoms with Crippen LogP contribution in [0.5, 0.6) is 0 Å². The van der Waals surface area contributed by atoms with E-state index in [2.05, 4.69) is 34.6 Å². The first kappa shape index (κ1) is 12.6. The Morgan fingerprint density at radius 1 is 1.44 bits per heavy atom. The number of fused-ring (bicyclic) bond motifs is 1. The zero-order valence-electron chi connectivity index (χ0n) is 11.1. The number of aryl methyl sites for hydroxylation is 1. The van der Waals surface area contributed by atoms with E-state index >= 15 is 0 Å². The molecule has 4 heteroatoms. The summed E-state index contributed by atoms with van der Waals surface area (Å²) in [5, 5.41) is 12.1. The quantitative estimate of drug-likeness (QED) is 0.892. The van der Waals surface area contributed by atoms with Crippen LogP contribution < -0.4 is 5.32 Å².